The Hall–Kier alpha value is -1.29. The van der Waals surface area contributed by atoms with E-state index in [1.54, 1.807) is 13.2 Å². The van der Waals surface area contributed by atoms with Gasteiger partial charge in [-0.25, -0.2) is 4.39 Å². The summed E-state index contributed by atoms with van der Waals surface area (Å²) in [5.74, 6) is -0.317. The van der Waals surface area contributed by atoms with Crippen molar-refractivity contribution in [2.24, 2.45) is 0 Å². The molecule has 4 heteroatoms. The summed E-state index contributed by atoms with van der Waals surface area (Å²) < 4.78 is 18.5. The smallest absolute Gasteiger partial charge is 0.127 e. The van der Waals surface area contributed by atoms with Crippen molar-refractivity contribution in [3.63, 3.8) is 0 Å². The van der Waals surface area contributed by atoms with Crippen molar-refractivity contribution < 1.29 is 9.13 Å². The number of hydrogen-bond acceptors (Lipinski definition) is 3. The number of nitrogens with one attached hydrogen (secondary N) is 1. The molecular formula is C12H17FN2O. The van der Waals surface area contributed by atoms with E-state index >= 15 is 0 Å². The first-order valence-electron chi connectivity index (χ1n) is 5.49. The van der Waals surface area contributed by atoms with E-state index in [4.69, 9.17) is 10.5 Å². The normalized spacial score (nSPS) is 17.9. The summed E-state index contributed by atoms with van der Waals surface area (Å²) in [6, 6.07) is 4.48. The highest BCUT2D eigenvalue weighted by atomic mass is 19.1. The third-order valence-corrected chi connectivity index (χ3v) is 3.23. The van der Waals surface area contributed by atoms with E-state index in [1.165, 1.54) is 18.6 Å². The fraction of sp³-hybridized carbons (Fsp3) is 0.500. The minimum Gasteiger partial charge on any atom is -0.399 e. The van der Waals surface area contributed by atoms with Crippen molar-refractivity contribution in [1.29, 1.82) is 0 Å². The lowest BCUT2D eigenvalue weighted by Crippen LogP contribution is -2.45. The lowest BCUT2D eigenvalue weighted by Gasteiger charge is -2.40. The van der Waals surface area contributed by atoms with Gasteiger partial charge in [0.1, 0.15) is 5.82 Å². The summed E-state index contributed by atoms with van der Waals surface area (Å²) in [6.07, 6.45) is 3.31. The zero-order chi connectivity index (χ0) is 11.6. The summed E-state index contributed by atoms with van der Waals surface area (Å²) in [5, 5.41) is 3.18. The van der Waals surface area contributed by atoms with E-state index in [0.717, 1.165) is 12.8 Å². The molecule has 1 fully saturated rings. The van der Waals surface area contributed by atoms with Gasteiger partial charge in [0.25, 0.3) is 0 Å². The summed E-state index contributed by atoms with van der Waals surface area (Å²) in [7, 11) is 1.72. The van der Waals surface area contributed by atoms with E-state index in [1.807, 2.05) is 0 Å². The van der Waals surface area contributed by atoms with Gasteiger partial charge in [0.15, 0.2) is 0 Å². The number of halogens is 1. The largest absolute Gasteiger partial charge is 0.399 e. The SMILES string of the molecule is COC1(CNc2cc(N)cc(F)c2)CCC1. The van der Waals surface area contributed by atoms with E-state index < -0.39 is 0 Å². The van der Waals surface area contributed by atoms with Gasteiger partial charge in [-0.3, -0.25) is 0 Å². The van der Waals surface area contributed by atoms with E-state index in [2.05, 4.69) is 5.32 Å². The van der Waals surface area contributed by atoms with Crippen LogP contribution in [-0.4, -0.2) is 19.3 Å². The zero-order valence-corrected chi connectivity index (χ0v) is 9.42. The van der Waals surface area contributed by atoms with Crippen LogP contribution in [0.15, 0.2) is 18.2 Å². The molecule has 0 amide bonds. The lowest BCUT2D eigenvalue weighted by molar-refractivity contribution is -0.0601. The van der Waals surface area contributed by atoms with Crippen molar-refractivity contribution in [3.8, 4) is 0 Å². The van der Waals surface area contributed by atoms with Crippen LogP contribution in [0.25, 0.3) is 0 Å². The minimum absolute atomic E-state index is 0.0684. The number of nitrogens with two attached hydrogens (primary N) is 1. The Bertz CT molecular complexity index is 352. The molecule has 0 spiro atoms. The van der Waals surface area contributed by atoms with E-state index in [-0.39, 0.29) is 11.4 Å². The van der Waals surface area contributed by atoms with Gasteiger partial charge in [-0.05, 0) is 37.5 Å². The highest BCUT2D eigenvalue weighted by molar-refractivity contribution is 5.54. The maximum atomic E-state index is 13.1. The van der Waals surface area contributed by atoms with E-state index in [0.29, 0.717) is 17.9 Å². The van der Waals surface area contributed by atoms with Crippen molar-refractivity contribution in [2.75, 3.05) is 24.7 Å². The van der Waals surface area contributed by atoms with Crippen molar-refractivity contribution in [3.05, 3.63) is 24.0 Å². The van der Waals surface area contributed by atoms with Crippen LogP contribution < -0.4 is 11.1 Å². The Balaban J connectivity index is 1.98. The molecule has 16 heavy (non-hydrogen) atoms. The minimum atomic E-state index is -0.317. The Morgan fingerprint density at radius 1 is 1.44 bits per heavy atom. The van der Waals surface area contributed by atoms with Gasteiger partial charge in [-0.1, -0.05) is 0 Å². The van der Waals surface area contributed by atoms with Gasteiger partial charge in [-0.2, -0.15) is 0 Å². The van der Waals surface area contributed by atoms with Crippen LogP contribution in [-0.2, 0) is 4.74 Å². The highest BCUT2D eigenvalue weighted by Crippen LogP contribution is 2.35. The number of ether oxygens (including phenoxy) is 1. The Morgan fingerprint density at radius 2 is 2.19 bits per heavy atom. The number of nitrogen functional groups attached to an aromatic ring is 1. The number of methoxy groups -OCH3 is 1. The molecule has 1 aliphatic rings. The van der Waals surface area contributed by atoms with Crippen LogP contribution in [0.1, 0.15) is 19.3 Å². The van der Waals surface area contributed by atoms with Crippen LogP contribution >= 0.6 is 0 Å². The van der Waals surface area contributed by atoms with Gasteiger partial charge in [0, 0.05) is 25.0 Å². The van der Waals surface area contributed by atoms with Crippen molar-refractivity contribution >= 4 is 11.4 Å². The summed E-state index contributed by atoms with van der Waals surface area (Å²) in [5.41, 5.74) is 6.64. The Morgan fingerprint density at radius 3 is 2.69 bits per heavy atom. The first-order chi connectivity index (χ1) is 7.63. The molecule has 0 unspecified atom stereocenters. The van der Waals surface area contributed by atoms with Gasteiger partial charge >= 0.3 is 0 Å². The molecule has 0 saturated heterocycles. The molecule has 1 aliphatic carbocycles. The van der Waals surface area contributed by atoms with Crippen molar-refractivity contribution in [1.82, 2.24) is 0 Å². The monoisotopic (exact) mass is 224 g/mol. The second-order valence-corrected chi connectivity index (χ2v) is 4.37. The molecule has 0 aliphatic heterocycles. The molecule has 1 aromatic carbocycles. The van der Waals surface area contributed by atoms with Crippen LogP contribution in [0, 0.1) is 5.82 Å². The topological polar surface area (TPSA) is 47.3 Å². The predicted molar refractivity (Wildman–Crippen MR) is 62.9 cm³/mol. The molecule has 0 aromatic heterocycles. The van der Waals surface area contributed by atoms with Crippen LogP contribution in [0.5, 0.6) is 0 Å². The first-order valence-corrected chi connectivity index (χ1v) is 5.49. The predicted octanol–water partition coefficient (Wildman–Crippen LogP) is 2.39. The second-order valence-electron chi connectivity index (χ2n) is 4.37. The third-order valence-electron chi connectivity index (χ3n) is 3.23. The second kappa shape index (κ2) is 4.29. The van der Waals surface area contributed by atoms with Crippen LogP contribution in [0.3, 0.4) is 0 Å². The number of rotatable bonds is 4. The van der Waals surface area contributed by atoms with Gasteiger partial charge < -0.3 is 15.8 Å². The third kappa shape index (κ3) is 2.27. The summed E-state index contributed by atoms with van der Waals surface area (Å²) in [4.78, 5) is 0. The Labute approximate surface area is 94.8 Å². The molecular weight excluding hydrogens is 207 g/mol. The van der Waals surface area contributed by atoms with Crippen molar-refractivity contribution in [2.45, 2.75) is 24.9 Å². The van der Waals surface area contributed by atoms with Crippen LogP contribution in [0.2, 0.25) is 0 Å². The van der Waals surface area contributed by atoms with Crippen LogP contribution in [0.4, 0.5) is 15.8 Å². The zero-order valence-electron chi connectivity index (χ0n) is 9.42. The summed E-state index contributed by atoms with van der Waals surface area (Å²) >= 11 is 0. The molecule has 3 N–H and O–H groups in total. The van der Waals surface area contributed by atoms with Gasteiger partial charge in [-0.15, -0.1) is 0 Å². The lowest BCUT2D eigenvalue weighted by atomic mass is 9.80. The quantitative estimate of drug-likeness (QED) is 0.772. The molecule has 0 bridgehead atoms. The highest BCUT2D eigenvalue weighted by Gasteiger charge is 2.36. The summed E-state index contributed by atoms with van der Waals surface area (Å²) in [6.45, 7) is 0.701. The maximum absolute atomic E-state index is 13.1. The van der Waals surface area contributed by atoms with Gasteiger partial charge in [0.05, 0.1) is 5.60 Å². The Kier molecular flexibility index (Phi) is 3.01. The number of benzene rings is 1. The molecule has 2 rings (SSSR count). The first kappa shape index (κ1) is 11.2. The molecule has 1 saturated carbocycles. The average molecular weight is 224 g/mol. The fourth-order valence-electron chi connectivity index (χ4n) is 2.00. The average Bonchev–Trinajstić information content (AvgIpc) is 2.15. The molecule has 88 valence electrons. The standard InChI is InChI=1S/C12H17FN2O/c1-16-12(3-2-4-12)8-15-11-6-9(13)5-10(14)7-11/h5-7,15H,2-4,8,14H2,1H3. The molecule has 0 radical (unpaired) electrons. The number of hydrogen-bond donors (Lipinski definition) is 2. The maximum Gasteiger partial charge on any atom is 0.127 e. The molecule has 0 heterocycles. The molecule has 3 nitrogen and oxygen atoms in total. The number of anilines is 2. The van der Waals surface area contributed by atoms with E-state index in [9.17, 15) is 4.39 Å². The van der Waals surface area contributed by atoms with Gasteiger partial charge in [0.2, 0.25) is 0 Å². The molecule has 1 aromatic rings. The molecule has 0 atom stereocenters. The fourth-order valence-corrected chi connectivity index (χ4v) is 2.00.